The van der Waals surface area contributed by atoms with Crippen LogP contribution in [0.1, 0.15) is 5.69 Å². The third-order valence-electron chi connectivity index (χ3n) is 0.986. The summed E-state index contributed by atoms with van der Waals surface area (Å²) in [7, 11) is 2.03. The maximum atomic E-state index is 8.86. The molecule has 0 spiro atoms. The molecule has 1 aromatic heterocycles. The van der Waals surface area contributed by atoms with Crippen LogP contribution in [0.25, 0.3) is 0 Å². The van der Waals surface area contributed by atoms with E-state index in [0.717, 1.165) is 6.26 Å². The standard InChI is InChI=1S/C4H6ClNO3S.H2S/c1-3-4(2-9-6-3)10(5,7)8;/h2,7-8H,1H3;1H2. The van der Waals surface area contributed by atoms with E-state index >= 15 is 0 Å². The van der Waals surface area contributed by atoms with Crippen molar-refractivity contribution >= 4 is 34.0 Å². The highest BCUT2D eigenvalue weighted by Gasteiger charge is 2.17. The molecular formula is C4H8ClNO3S2. The molecule has 0 unspecified atom stereocenters. The molecule has 0 aliphatic rings. The molecule has 0 radical (unpaired) electrons. The number of aromatic nitrogens is 1. The van der Waals surface area contributed by atoms with E-state index in [1.165, 1.54) is 0 Å². The van der Waals surface area contributed by atoms with Gasteiger partial charge >= 0.3 is 0 Å². The largest absolute Gasteiger partial charge is 0.362 e. The quantitative estimate of drug-likeness (QED) is 0.758. The lowest BCUT2D eigenvalue weighted by molar-refractivity contribution is 0.413. The van der Waals surface area contributed by atoms with E-state index in [1.54, 1.807) is 6.92 Å². The highest BCUT2D eigenvalue weighted by molar-refractivity contribution is 8.43. The predicted molar refractivity (Wildman–Crippen MR) is 48.6 cm³/mol. The molecule has 2 N–H and O–H groups in total. The summed E-state index contributed by atoms with van der Waals surface area (Å²) >= 11 is 0. The van der Waals surface area contributed by atoms with Gasteiger partial charge in [0.05, 0.1) is 0 Å². The molecule has 0 aliphatic carbocycles. The molecule has 7 heteroatoms. The van der Waals surface area contributed by atoms with Crippen LogP contribution in [-0.4, -0.2) is 14.3 Å². The fraction of sp³-hybridized carbons (Fsp3) is 0.250. The highest BCUT2D eigenvalue weighted by atomic mass is 35.7. The first-order chi connectivity index (χ1) is 4.52. The zero-order valence-electron chi connectivity index (χ0n) is 5.61. The van der Waals surface area contributed by atoms with Crippen molar-refractivity contribution in [1.82, 2.24) is 5.16 Å². The SMILES string of the molecule is Cc1nocc1S(O)(O)Cl.S. The second-order valence-corrected chi connectivity index (χ2v) is 4.43. The van der Waals surface area contributed by atoms with Gasteiger partial charge in [0, 0.05) is 10.7 Å². The van der Waals surface area contributed by atoms with Crippen LogP contribution < -0.4 is 0 Å². The van der Waals surface area contributed by atoms with Gasteiger partial charge in [-0.3, -0.25) is 9.11 Å². The zero-order chi connectivity index (χ0) is 7.78. The predicted octanol–water partition coefficient (Wildman–Crippen LogP) is 2.36. The van der Waals surface area contributed by atoms with Crippen LogP contribution in [0.3, 0.4) is 0 Å². The van der Waals surface area contributed by atoms with Gasteiger partial charge in [-0.2, -0.15) is 13.5 Å². The lowest BCUT2D eigenvalue weighted by Crippen LogP contribution is -1.88. The van der Waals surface area contributed by atoms with Crippen LogP contribution in [0.5, 0.6) is 0 Å². The van der Waals surface area contributed by atoms with E-state index in [9.17, 15) is 0 Å². The van der Waals surface area contributed by atoms with Crippen LogP contribution in [-0.2, 0) is 0 Å². The van der Waals surface area contributed by atoms with Crippen LogP contribution in [0.4, 0.5) is 0 Å². The van der Waals surface area contributed by atoms with Crippen molar-refractivity contribution < 1.29 is 13.6 Å². The summed E-state index contributed by atoms with van der Waals surface area (Å²) in [6, 6.07) is 0. The van der Waals surface area contributed by atoms with Gasteiger partial charge in [0.25, 0.3) is 0 Å². The number of hydrogen-bond acceptors (Lipinski definition) is 4. The van der Waals surface area contributed by atoms with Crippen LogP contribution in [0.15, 0.2) is 15.7 Å². The zero-order valence-corrected chi connectivity index (χ0v) is 8.19. The first kappa shape index (κ1) is 11.1. The van der Waals surface area contributed by atoms with E-state index in [1.807, 2.05) is 0 Å². The van der Waals surface area contributed by atoms with Crippen molar-refractivity contribution in [2.45, 2.75) is 11.8 Å². The van der Waals surface area contributed by atoms with E-state index < -0.39 is 9.80 Å². The van der Waals surface area contributed by atoms with E-state index in [2.05, 4.69) is 9.68 Å². The van der Waals surface area contributed by atoms with Gasteiger partial charge < -0.3 is 4.52 Å². The lowest BCUT2D eigenvalue weighted by Gasteiger charge is -2.20. The summed E-state index contributed by atoms with van der Waals surface area (Å²) < 4.78 is 22.2. The molecule has 0 bridgehead atoms. The molecule has 0 atom stereocenters. The Hall–Kier alpha value is 0.120. The number of hydrogen-bond donors (Lipinski definition) is 2. The first-order valence-electron chi connectivity index (χ1n) is 2.40. The van der Waals surface area contributed by atoms with Gasteiger partial charge in [0.1, 0.15) is 16.9 Å². The molecule has 0 amide bonds. The third-order valence-corrected chi connectivity index (χ3v) is 2.44. The van der Waals surface area contributed by atoms with Gasteiger partial charge in [-0.25, -0.2) is 0 Å². The second-order valence-electron chi connectivity index (χ2n) is 1.74. The Morgan fingerprint density at radius 1 is 1.64 bits per heavy atom. The molecule has 0 saturated heterocycles. The summed E-state index contributed by atoms with van der Waals surface area (Å²) in [5.74, 6) is 0. The van der Waals surface area contributed by atoms with Gasteiger partial charge in [-0.05, 0) is 6.92 Å². The number of halogens is 1. The molecule has 4 nitrogen and oxygen atoms in total. The van der Waals surface area contributed by atoms with Crippen molar-refractivity contribution in [1.29, 1.82) is 0 Å². The summed E-state index contributed by atoms with van der Waals surface area (Å²) in [4.78, 5) is 0.147. The minimum Gasteiger partial charge on any atom is -0.362 e. The van der Waals surface area contributed by atoms with Gasteiger partial charge in [0.2, 0.25) is 0 Å². The fourth-order valence-corrected chi connectivity index (χ4v) is 1.56. The molecule has 0 fully saturated rings. The average molecular weight is 218 g/mol. The normalized spacial score (nSPS) is 12.4. The van der Waals surface area contributed by atoms with E-state index in [0.29, 0.717) is 5.69 Å². The van der Waals surface area contributed by atoms with Gasteiger partial charge in [-0.1, -0.05) is 15.0 Å². The maximum absolute atomic E-state index is 8.86. The Kier molecular flexibility index (Phi) is 3.72. The molecule has 66 valence electrons. The van der Waals surface area contributed by atoms with Crippen LogP contribution in [0.2, 0.25) is 0 Å². The van der Waals surface area contributed by atoms with Crippen molar-refractivity contribution in [3.63, 3.8) is 0 Å². The minimum atomic E-state index is -3.17. The van der Waals surface area contributed by atoms with Gasteiger partial charge in [0.15, 0.2) is 0 Å². The van der Waals surface area contributed by atoms with Crippen LogP contribution in [0, 0.1) is 6.92 Å². The number of aryl methyl sites for hydroxylation is 1. The first-order valence-corrected chi connectivity index (χ1v) is 4.78. The van der Waals surface area contributed by atoms with Crippen molar-refractivity contribution in [3.05, 3.63) is 12.0 Å². The summed E-state index contributed by atoms with van der Waals surface area (Å²) in [6.45, 7) is 1.58. The third kappa shape index (κ3) is 2.57. The molecule has 0 aromatic carbocycles. The molecule has 1 rings (SSSR count). The monoisotopic (exact) mass is 217 g/mol. The Bertz CT molecular complexity index is 233. The summed E-state index contributed by atoms with van der Waals surface area (Å²) in [5.41, 5.74) is 0.398. The summed E-state index contributed by atoms with van der Waals surface area (Å²) in [6.07, 6.45) is 1.12. The van der Waals surface area contributed by atoms with E-state index in [4.69, 9.17) is 19.8 Å². The second kappa shape index (κ2) is 3.68. The Labute approximate surface area is 76.8 Å². The maximum Gasteiger partial charge on any atom is 0.148 e. The number of nitrogens with zero attached hydrogens (tertiary/aromatic N) is 1. The van der Waals surface area contributed by atoms with Crippen molar-refractivity contribution in [2.75, 3.05) is 0 Å². The lowest BCUT2D eigenvalue weighted by atomic mass is 10.5. The van der Waals surface area contributed by atoms with Crippen molar-refractivity contribution in [3.8, 4) is 0 Å². The summed E-state index contributed by atoms with van der Waals surface area (Å²) in [5, 5.41) is 3.42. The molecule has 1 aromatic rings. The highest BCUT2D eigenvalue weighted by Crippen LogP contribution is 2.53. The molecule has 0 aliphatic heterocycles. The number of rotatable bonds is 1. The Morgan fingerprint density at radius 2 is 2.18 bits per heavy atom. The van der Waals surface area contributed by atoms with Crippen LogP contribution >= 0.6 is 34.0 Å². The minimum absolute atomic E-state index is 0. The molecule has 1 heterocycles. The smallest absolute Gasteiger partial charge is 0.148 e. The average Bonchev–Trinajstić information content (AvgIpc) is 2.11. The van der Waals surface area contributed by atoms with E-state index in [-0.39, 0.29) is 18.4 Å². The Morgan fingerprint density at radius 3 is 2.36 bits per heavy atom. The Balaban J connectivity index is 0.000001000. The van der Waals surface area contributed by atoms with Crippen molar-refractivity contribution in [2.24, 2.45) is 0 Å². The molecule has 11 heavy (non-hydrogen) atoms. The molecular weight excluding hydrogens is 210 g/mol. The topological polar surface area (TPSA) is 66.5 Å². The fourth-order valence-electron chi connectivity index (χ4n) is 0.533. The van der Waals surface area contributed by atoms with Gasteiger partial charge in [-0.15, -0.1) is 0 Å². The molecule has 0 saturated carbocycles.